The molecule has 0 amide bonds. The fourth-order valence-electron chi connectivity index (χ4n) is 2.03. The summed E-state index contributed by atoms with van der Waals surface area (Å²) in [6.45, 7) is 2.16. The topological polar surface area (TPSA) is 21.3 Å². The third-order valence-corrected chi connectivity index (χ3v) is 3.34. The van der Waals surface area contributed by atoms with Crippen molar-refractivity contribution in [2.75, 3.05) is 12.4 Å². The molecule has 1 unspecified atom stereocenters. The predicted octanol–water partition coefficient (Wildman–Crippen LogP) is 4.91. The van der Waals surface area contributed by atoms with Crippen LogP contribution in [0.4, 0.5) is 5.69 Å². The largest absolute Gasteiger partial charge is 0.497 e. The summed E-state index contributed by atoms with van der Waals surface area (Å²) in [7, 11) is 1.68. The van der Waals surface area contributed by atoms with Gasteiger partial charge in [0.05, 0.1) is 13.2 Å². The second-order valence-corrected chi connectivity index (χ2v) is 4.83. The van der Waals surface area contributed by atoms with E-state index in [0.29, 0.717) is 0 Å². The van der Waals surface area contributed by atoms with Crippen molar-refractivity contribution >= 4 is 17.3 Å². The summed E-state index contributed by atoms with van der Waals surface area (Å²) in [4.78, 5) is 0. The van der Waals surface area contributed by atoms with Gasteiger partial charge in [0.1, 0.15) is 5.75 Å². The van der Waals surface area contributed by atoms with Crippen LogP contribution in [0, 0.1) is 0 Å². The number of rotatable bonds is 5. The summed E-state index contributed by atoms with van der Waals surface area (Å²) >= 11 is 5.92. The molecule has 2 aromatic rings. The van der Waals surface area contributed by atoms with Gasteiger partial charge in [-0.15, -0.1) is 0 Å². The lowest BCUT2D eigenvalue weighted by Crippen LogP contribution is -2.09. The van der Waals surface area contributed by atoms with Gasteiger partial charge in [0.25, 0.3) is 0 Å². The molecule has 0 bridgehead atoms. The maximum Gasteiger partial charge on any atom is 0.120 e. The molecule has 0 saturated carbocycles. The molecule has 2 rings (SSSR count). The second-order valence-electron chi connectivity index (χ2n) is 4.39. The fraction of sp³-hybridized carbons (Fsp3) is 0.250. The van der Waals surface area contributed by atoms with E-state index in [-0.39, 0.29) is 6.04 Å². The van der Waals surface area contributed by atoms with E-state index >= 15 is 0 Å². The Labute approximate surface area is 119 Å². The lowest BCUT2D eigenvalue weighted by atomic mass is 10.0. The lowest BCUT2D eigenvalue weighted by molar-refractivity contribution is 0.415. The quantitative estimate of drug-likeness (QED) is 0.837. The summed E-state index contributed by atoms with van der Waals surface area (Å²) in [5, 5.41) is 4.28. The zero-order valence-corrected chi connectivity index (χ0v) is 11.9. The Balaban J connectivity index is 2.16. The molecule has 0 spiro atoms. The van der Waals surface area contributed by atoms with Gasteiger partial charge in [-0.3, -0.25) is 0 Å². The van der Waals surface area contributed by atoms with Gasteiger partial charge in [-0.25, -0.2) is 0 Å². The fourth-order valence-corrected chi connectivity index (χ4v) is 2.16. The summed E-state index contributed by atoms with van der Waals surface area (Å²) in [5.41, 5.74) is 2.29. The van der Waals surface area contributed by atoms with Crippen molar-refractivity contribution in [1.82, 2.24) is 0 Å². The maximum atomic E-state index is 5.92. The van der Waals surface area contributed by atoms with Gasteiger partial charge in [0, 0.05) is 16.8 Å². The standard InChI is InChI=1S/C16H18ClNO/c1-3-16(12-7-9-13(17)10-8-12)18-14-5-4-6-15(11-14)19-2/h4-11,16,18H,3H2,1-2H3. The van der Waals surface area contributed by atoms with Crippen LogP contribution < -0.4 is 10.1 Å². The van der Waals surface area contributed by atoms with E-state index in [1.807, 2.05) is 36.4 Å². The van der Waals surface area contributed by atoms with Gasteiger partial charge in [0.15, 0.2) is 0 Å². The normalized spacial score (nSPS) is 11.9. The van der Waals surface area contributed by atoms with E-state index < -0.39 is 0 Å². The van der Waals surface area contributed by atoms with Crippen molar-refractivity contribution < 1.29 is 4.74 Å². The minimum Gasteiger partial charge on any atom is -0.497 e. The van der Waals surface area contributed by atoms with Crippen LogP contribution in [0.2, 0.25) is 5.02 Å². The average molecular weight is 276 g/mol. The molecule has 0 radical (unpaired) electrons. The highest BCUT2D eigenvalue weighted by molar-refractivity contribution is 6.30. The Bertz CT molecular complexity index is 525. The maximum absolute atomic E-state index is 5.92. The molecule has 0 aliphatic rings. The molecule has 100 valence electrons. The van der Waals surface area contributed by atoms with E-state index in [0.717, 1.165) is 22.9 Å². The molecule has 0 fully saturated rings. The number of ether oxygens (including phenoxy) is 1. The highest BCUT2D eigenvalue weighted by Crippen LogP contribution is 2.25. The van der Waals surface area contributed by atoms with E-state index in [9.17, 15) is 0 Å². The van der Waals surface area contributed by atoms with Gasteiger partial charge in [-0.2, -0.15) is 0 Å². The number of benzene rings is 2. The molecule has 0 aromatic heterocycles. The van der Waals surface area contributed by atoms with Gasteiger partial charge < -0.3 is 10.1 Å². The minimum absolute atomic E-state index is 0.268. The van der Waals surface area contributed by atoms with Crippen LogP contribution in [-0.2, 0) is 0 Å². The summed E-state index contributed by atoms with van der Waals surface area (Å²) in [6, 6.07) is 16.2. The highest BCUT2D eigenvalue weighted by Gasteiger charge is 2.09. The lowest BCUT2D eigenvalue weighted by Gasteiger charge is -2.19. The molecular formula is C16H18ClNO. The first-order valence-electron chi connectivity index (χ1n) is 6.39. The SMILES string of the molecule is CCC(Nc1cccc(OC)c1)c1ccc(Cl)cc1. The Kier molecular flexibility index (Phi) is 4.69. The van der Waals surface area contributed by atoms with Gasteiger partial charge in [-0.1, -0.05) is 36.7 Å². The van der Waals surface area contributed by atoms with Crippen molar-refractivity contribution in [2.24, 2.45) is 0 Å². The van der Waals surface area contributed by atoms with E-state index in [1.165, 1.54) is 5.56 Å². The number of halogens is 1. The monoisotopic (exact) mass is 275 g/mol. The van der Waals surface area contributed by atoms with Crippen LogP contribution in [0.15, 0.2) is 48.5 Å². The molecule has 0 heterocycles. The third kappa shape index (κ3) is 3.65. The molecule has 0 aliphatic heterocycles. The Morgan fingerprint density at radius 2 is 1.89 bits per heavy atom. The number of hydrogen-bond acceptors (Lipinski definition) is 2. The molecule has 0 aliphatic carbocycles. The van der Waals surface area contributed by atoms with E-state index in [4.69, 9.17) is 16.3 Å². The number of hydrogen-bond donors (Lipinski definition) is 1. The Hall–Kier alpha value is -1.67. The molecule has 19 heavy (non-hydrogen) atoms. The highest BCUT2D eigenvalue weighted by atomic mass is 35.5. The molecule has 1 N–H and O–H groups in total. The smallest absolute Gasteiger partial charge is 0.120 e. The zero-order chi connectivity index (χ0) is 13.7. The minimum atomic E-state index is 0.268. The second kappa shape index (κ2) is 6.48. The third-order valence-electron chi connectivity index (χ3n) is 3.09. The zero-order valence-electron chi connectivity index (χ0n) is 11.2. The molecule has 3 heteroatoms. The van der Waals surface area contributed by atoms with Gasteiger partial charge >= 0.3 is 0 Å². The Morgan fingerprint density at radius 3 is 2.53 bits per heavy atom. The number of methoxy groups -OCH3 is 1. The number of nitrogens with one attached hydrogen (secondary N) is 1. The molecular weight excluding hydrogens is 258 g/mol. The van der Waals surface area contributed by atoms with Crippen LogP contribution in [0.5, 0.6) is 5.75 Å². The van der Waals surface area contributed by atoms with Crippen molar-refractivity contribution in [1.29, 1.82) is 0 Å². The van der Waals surface area contributed by atoms with Crippen molar-refractivity contribution in [3.05, 3.63) is 59.1 Å². The summed E-state index contributed by atoms with van der Waals surface area (Å²) < 4.78 is 5.23. The molecule has 0 saturated heterocycles. The van der Waals surface area contributed by atoms with Crippen LogP contribution in [-0.4, -0.2) is 7.11 Å². The van der Waals surface area contributed by atoms with Crippen molar-refractivity contribution in [3.8, 4) is 5.75 Å². The first kappa shape index (κ1) is 13.8. The van der Waals surface area contributed by atoms with E-state index in [1.54, 1.807) is 7.11 Å². The van der Waals surface area contributed by atoms with E-state index in [2.05, 4.69) is 24.4 Å². The van der Waals surface area contributed by atoms with Crippen LogP contribution in [0.25, 0.3) is 0 Å². The average Bonchev–Trinajstić information content (AvgIpc) is 2.46. The first-order valence-corrected chi connectivity index (χ1v) is 6.76. The molecule has 1 atom stereocenters. The van der Waals surface area contributed by atoms with Gasteiger partial charge in [0.2, 0.25) is 0 Å². The molecule has 2 aromatic carbocycles. The number of anilines is 1. The van der Waals surface area contributed by atoms with Gasteiger partial charge in [-0.05, 0) is 36.2 Å². The van der Waals surface area contributed by atoms with Crippen molar-refractivity contribution in [2.45, 2.75) is 19.4 Å². The summed E-state index contributed by atoms with van der Waals surface area (Å²) in [5.74, 6) is 0.857. The van der Waals surface area contributed by atoms with Crippen molar-refractivity contribution in [3.63, 3.8) is 0 Å². The predicted molar refractivity (Wildman–Crippen MR) is 81.1 cm³/mol. The van der Waals surface area contributed by atoms with Crippen LogP contribution in [0.3, 0.4) is 0 Å². The first-order chi connectivity index (χ1) is 9.22. The van der Waals surface area contributed by atoms with Crippen LogP contribution >= 0.6 is 11.6 Å². The Morgan fingerprint density at radius 1 is 1.16 bits per heavy atom. The van der Waals surface area contributed by atoms with Crippen LogP contribution in [0.1, 0.15) is 24.9 Å². The summed E-state index contributed by atoms with van der Waals surface area (Å²) in [6.07, 6.45) is 0.999. The molecule has 2 nitrogen and oxygen atoms in total.